The maximum absolute atomic E-state index is 12.6. The number of carbonyl (C=O) groups excluding carboxylic acids is 3. The molecule has 0 aliphatic carbocycles. The van der Waals surface area contributed by atoms with Crippen LogP contribution in [0.5, 0.6) is 0 Å². The van der Waals surface area contributed by atoms with Gasteiger partial charge >= 0.3 is 5.97 Å². The average Bonchev–Trinajstić information content (AvgIpc) is 3.23. The first-order chi connectivity index (χ1) is 14.3. The number of aryl methyl sites for hydroxylation is 1. The maximum Gasteiger partial charge on any atom is 0.308 e. The second kappa shape index (κ2) is 10.5. The first-order valence-corrected chi connectivity index (χ1v) is 11.3. The summed E-state index contributed by atoms with van der Waals surface area (Å²) >= 11 is 7.55. The van der Waals surface area contributed by atoms with E-state index in [1.165, 1.54) is 0 Å². The van der Waals surface area contributed by atoms with Crippen molar-refractivity contribution in [3.8, 4) is 0 Å². The highest BCUT2D eigenvalue weighted by Gasteiger charge is 2.34. The number of carbonyl (C=O) groups is 3. The van der Waals surface area contributed by atoms with E-state index < -0.39 is 12.0 Å². The average molecular weight is 545 g/mol. The summed E-state index contributed by atoms with van der Waals surface area (Å²) in [7, 11) is 0. The summed E-state index contributed by atoms with van der Waals surface area (Å²) in [5.41, 5.74) is 1.55. The van der Waals surface area contributed by atoms with Crippen molar-refractivity contribution in [3.63, 3.8) is 0 Å². The number of rotatable bonds is 5. The molecule has 2 aliphatic rings. The molecule has 0 radical (unpaired) electrons. The van der Waals surface area contributed by atoms with Gasteiger partial charge in [-0.05, 0) is 72.3 Å². The number of halogens is 1. The Labute approximate surface area is 194 Å². The number of hydrogen-bond donors (Lipinski definition) is 2. The second-order valence-corrected chi connectivity index (χ2v) is 8.79. The SMILES string of the molecule is Cc1ccc(C(=O)NC(=S)N2CCNC(=O)C2CC(=O)OCC2CCCO2)cc1I. The molecule has 2 saturated heterocycles. The molecule has 0 bridgehead atoms. The van der Waals surface area contributed by atoms with Gasteiger partial charge in [0.15, 0.2) is 5.11 Å². The summed E-state index contributed by atoms with van der Waals surface area (Å²) in [6.45, 7) is 3.58. The number of esters is 1. The Morgan fingerprint density at radius 2 is 2.23 bits per heavy atom. The molecule has 0 saturated carbocycles. The molecule has 2 atom stereocenters. The molecule has 8 nitrogen and oxygen atoms in total. The minimum absolute atomic E-state index is 0.0806. The van der Waals surface area contributed by atoms with Crippen molar-refractivity contribution in [1.82, 2.24) is 15.5 Å². The molecule has 2 amide bonds. The van der Waals surface area contributed by atoms with Crippen molar-refractivity contribution in [3.05, 3.63) is 32.9 Å². The van der Waals surface area contributed by atoms with Gasteiger partial charge < -0.3 is 19.7 Å². The first kappa shape index (κ1) is 22.9. The van der Waals surface area contributed by atoms with Gasteiger partial charge in [-0.3, -0.25) is 19.7 Å². The third-order valence-corrected chi connectivity index (χ3v) is 6.56. The quantitative estimate of drug-likeness (QED) is 0.329. The van der Waals surface area contributed by atoms with Crippen LogP contribution in [0.25, 0.3) is 0 Å². The normalized spacial score (nSPS) is 21.1. The Morgan fingerprint density at radius 3 is 2.93 bits per heavy atom. The third-order valence-electron chi connectivity index (χ3n) is 5.06. The highest BCUT2D eigenvalue weighted by molar-refractivity contribution is 14.1. The monoisotopic (exact) mass is 545 g/mol. The van der Waals surface area contributed by atoms with Gasteiger partial charge in [0, 0.05) is 28.8 Å². The molecule has 0 aromatic heterocycles. The lowest BCUT2D eigenvalue weighted by atomic mass is 10.1. The van der Waals surface area contributed by atoms with E-state index in [4.69, 9.17) is 21.7 Å². The number of benzene rings is 1. The van der Waals surface area contributed by atoms with Gasteiger partial charge in [0.1, 0.15) is 12.6 Å². The molecule has 162 valence electrons. The highest BCUT2D eigenvalue weighted by atomic mass is 127. The Kier molecular flexibility index (Phi) is 8.00. The summed E-state index contributed by atoms with van der Waals surface area (Å²) in [5, 5.41) is 5.52. The van der Waals surface area contributed by atoms with Crippen LogP contribution in [0.15, 0.2) is 18.2 Å². The largest absolute Gasteiger partial charge is 0.463 e. The lowest BCUT2D eigenvalue weighted by Crippen LogP contribution is -2.60. The van der Waals surface area contributed by atoms with Crippen LogP contribution in [0.3, 0.4) is 0 Å². The van der Waals surface area contributed by atoms with Gasteiger partial charge in [-0.1, -0.05) is 6.07 Å². The van der Waals surface area contributed by atoms with E-state index in [0.717, 1.165) is 22.0 Å². The van der Waals surface area contributed by atoms with E-state index in [9.17, 15) is 14.4 Å². The number of nitrogens with zero attached hydrogens (tertiary/aromatic N) is 1. The Bertz CT molecular complexity index is 844. The molecule has 1 aromatic rings. The zero-order valence-corrected chi connectivity index (χ0v) is 19.6. The van der Waals surface area contributed by atoms with E-state index in [1.807, 2.05) is 13.0 Å². The fourth-order valence-electron chi connectivity index (χ4n) is 3.31. The van der Waals surface area contributed by atoms with Gasteiger partial charge in [-0.2, -0.15) is 0 Å². The van der Waals surface area contributed by atoms with Gasteiger partial charge in [-0.25, -0.2) is 0 Å². The topological polar surface area (TPSA) is 97.0 Å². The standard InChI is InChI=1S/C20H24IN3O5S/c1-12-4-5-13(9-15(12)21)18(26)23-20(30)24-7-6-22-19(27)16(24)10-17(25)29-11-14-3-2-8-28-14/h4-5,9,14,16H,2-3,6-8,10-11H2,1H3,(H,22,27)(H,23,26,30). The van der Waals surface area contributed by atoms with Crippen LogP contribution in [0, 0.1) is 10.5 Å². The van der Waals surface area contributed by atoms with Gasteiger partial charge in [0.25, 0.3) is 5.91 Å². The zero-order valence-electron chi connectivity index (χ0n) is 16.6. The number of nitrogens with one attached hydrogen (secondary N) is 2. The zero-order chi connectivity index (χ0) is 21.7. The summed E-state index contributed by atoms with van der Waals surface area (Å²) in [6, 6.07) is 4.53. The van der Waals surface area contributed by atoms with E-state index >= 15 is 0 Å². The molecule has 2 fully saturated rings. The molecular formula is C20H24IN3O5S. The lowest BCUT2D eigenvalue weighted by molar-refractivity contribution is -0.150. The van der Waals surface area contributed by atoms with Crippen molar-refractivity contribution in [2.75, 3.05) is 26.3 Å². The predicted octanol–water partition coefficient (Wildman–Crippen LogP) is 1.53. The Morgan fingerprint density at radius 1 is 1.43 bits per heavy atom. The molecule has 10 heteroatoms. The number of piperazine rings is 1. The van der Waals surface area contributed by atoms with Gasteiger partial charge in [0.2, 0.25) is 5.91 Å². The lowest BCUT2D eigenvalue weighted by Gasteiger charge is -2.36. The van der Waals surface area contributed by atoms with E-state index in [1.54, 1.807) is 17.0 Å². The number of thiocarbonyl (C=S) groups is 1. The fourth-order valence-corrected chi connectivity index (χ4v) is 4.14. The van der Waals surface area contributed by atoms with Crippen molar-refractivity contribution < 1.29 is 23.9 Å². The molecule has 2 N–H and O–H groups in total. The van der Waals surface area contributed by atoms with Crippen molar-refractivity contribution in [1.29, 1.82) is 0 Å². The molecule has 2 heterocycles. The fraction of sp³-hybridized carbons (Fsp3) is 0.500. The van der Waals surface area contributed by atoms with E-state index in [2.05, 4.69) is 33.2 Å². The van der Waals surface area contributed by atoms with Crippen LogP contribution in [-0.4, -0.2) is 66.2 Å². The minimum Gasteiger partial charge on any atom is -0.463 e. The first-order valence-electron chi connectivity index (χ1n) is 9.78. The minimum atomic E-state index is -0.832. The summed E-state index contributed by atoms with van der Waals surface area (Å²) < 4.78 is 11.7. The van der Waals surface area contributed by atoms with Crippen LogP contribution in [-0.2, 0) is 19.1 Å². The Hall–Kier alpha value is -1.79. The van der Waals surface area contributed by atoms with Crippen molar-refractivity contribution >= 4 is 57.7 Å². The Balaban J connectivity index is 1.60. The summed E-state index contributed by atoms with van der Waals surface area (Å²) in [5.74, 6) is -1.18. The molecule has 0 spiro atoms. The summed E-state index contributed by atoms with van der Waals surface area (Å²) in [4.78, 5) is 38.8. The van der Waals surface area contributed by atoms with Crippen LogP contribution in [0.1, 0.15) is 35.2 Å². The van der Waals surface area contributed by atoms with Crippen molar-refractivity contribution in [2.24, 2.45) is 0 Å². The molecule has 3 rings (SSSR count). The second-order valence-electron chi connectivity index (χ2n) is 7.25. The van der Waals surface area contributed by atoms with E-state index in [0.29, 0.717) is 25.3 Å². The van der Waals surface area contributed by atoms with Crippen LogP contribution >= 0.6 is 34.8 Å². The third kappa shape index (κ3) is 5.88. The number of hydrogen-bond acceptors (Lipinski definition) is 6. The molecule has 2 aliphatic heterocycles. The molecule has 1 aromatic carbocycles. The maximum atomic E-state index is 12.6. The summed E-state index contributed by atoms with van der Waals surface area (Å²) in [6.07, 6.45) is 1.58. The number of amides is 2. The van der Waals surface area contributed by atoms with Crippen molar-refractivity contribution in [2.45, 2.75) is 38.3 Å². The van der Waals surface area contributed by atoms with Crippen LogP contribution < -0.4 is 10.6 Å². The van der Waals surface area contributed by atoms with E-state index in [-0.39, 0.29) is 36.1 Å². The molecule has 2 unspecified atom stereocenters. The predicted molar refractivity (Wildman–Crippen MR) is 122 cm³/mol. The van der Waals surface area contributed by atoms with Crippen LogP contribution in [0.4, 0.5) is 0 Å². The highest BCUT2D eigenvalue weighted by Crippen LogP contribution is 2.16. The van der Waals surface area contributed by atoms with Gasteiger partial charge in [0.05, 0.1) is 12.5 Å². The van der Waals surface area contributed by atoms with Crippen LogP contribution in [0.2, 0.25) is 0 Å². The van der Waals surface area contributed by atoms with Gasteiger partial charge in [-0.15, -0.1) is 0 Å². The molecule has 30 heavy (non-hydrogen) atoms. The molecular weight excluding hydrogens is 521 g/mol. The number of ether oxygens (including phenoxy) is 2. The smallest absolute Gasteiger partial charge is 0.308 e.